The number of fused-ring (bicyclic) bond motifs is 2. The Bertz CT molecular complexity index is 1090. The summed E-state index contributed by atoms with van der Waals surface area (Å²) in [4.78, 5) is 18.7. The SMILES string of the molecule is CC(C)(C)OC(=O)N1Cc2ccc(N3CCOCC3)cc2C1.c1cc2c(cc1N1CCOCC1)CNC2. The molecule has 0 unspecified atom stereocenters. The molecule has 0 aromatic heterocycles. The van der Waals surface area contributed by atoms with Crippen LogP contribution in [-0.2, 0) is 40.4 Å². The second kappa shape index (κ2) is 11.3. The molecule has 0 saturated carbocycles. The van der Waals surface area contributed by atoms with Crippen LogP contribution in [0, 0.1) is 0 Å². The van der Waals surface area contributed by atoms with Gasteiger partial charge in [-0.15, -0.1) is 0 Å². The zero-order valence-electron chi connectivity index (χ0n) is 22.4. The summed E-state index contributed by atoms with van der Waals surface area (Å²) in [6.45, 7) is 16.1. The van der Waals surface area contributed by atoms with Gasteiger partial charge in [0.05, 0.1) is 26.4 Å². The first-order chi connectivity index (χ1) is 17.9. The zero-order chi connectivity index (χ0) is 25.8. The Morgan fingerprint density at radius 1 is 0.757 bits per heavy atom. The van der Waals surface area contributed by atoms with Crippen LogP contribution in [0.25, 0.3) is 0 Å². The molecule has 2 aromatic carbocycles. The summed E-state index contributed by atoms with van der Waals surface area (Å²) in [6.07, 6.45) is -0.239. The Morgan fingerprint density at radius 2 is 1.27 bits per heavy atom. The summed E-state index contributed by atoms with van der Waals surface area (Å²) in [7, 11) is 0. The maximum Gasteiger partial charge on any atom is 0.410 e. The Balaban J connectivity index is 0.000000162. The standard InChI is InChI=1S/C17H24N2O3.C12H16N2O/c1-17(2,3)22-16(20)19-11-13-4-5-15(10-14(13)12-19)18-6-8-21-9-7-18;1-2-12(14-3-5-15-6-4-14)7-11-9-13-8-10(1)11/h4-5,10H,6-9,11-12H2,1-3H3;1-2,7,13H,3-6,8-9H2. The molecule has 6 rings (SSSR count). The summed E-state index contributed by atoms with van der Waals surface area (Å²) in [5, 5.41) is 3.37. The van der Waals surface area contributed by atoms with Crippen molar-refractivity contribution in [2.24, 2.45) is 0 Å². The molecule has 1 N–H and O–H groups in total. The molecule has 2 aromatic rings. The summed E-state index contributed by atoms with van der Waals surface area (Å²) in [6, 6.07) is 13.3. The van der Waals surface area contributed by atoms with Gasteiger partial charge in [0.25, 0.3) is 0 Å². The van der Waals surface area contributed by atoms with E-state index in [1.54, 1.807) is 4.90 Å². The van der Waals surface area contributed by atoms with E-state index in [9.17, 15) is 4.79 Å². The number of benzene rings is 2. The van der Waals surface area contributed by atoms with Gasteiger partial charge >= 0.3 is 6.09 Å². The molecule has 4 heterocycles. The van der Waals surface area contributed by atoms with Crippen molar-refractivity contribution in [3.63, 3.8) is 0 Å². The topological polar surface area (TPSA) is 66.5 Å². The molecule has 4 aliphatic heterocycles. The minimum atomic E-state index is -0.454. The van der Waals surface area contributed by atoms with Crippen LogP contribution < -0.4 is 15.1 Å². The van der Waals surface area contributed by atoms with Crippen LogP contribution in [-0.4, -0.2) is 69.2 Å². The van der Waals surface area contributed by atoms with Crippen LogP contribution in [0.4, 0.5) is 16.2 Å². The quantitative estimate of drug-likeness (QED) is 0.660. The van der Waals surface area contributed by atoms with Crippen LogP contribution in [0.2, 0.25) is 0 Å². The number of nitrogens with zero attached hydrogens (tertiary/aromatic N) is 3. The van der Waals surface area contributed by atoms with E-state index in [1.165, 1.54) is 33.6 Å². The molecule has 0 radical (unpaired) electrons. The van der Waals surface area contributed by atoms with E-state index in [1.807, 2.05) is 20.8 Å². The van der Waals surface area contributed by atoms with Crippen LogP contribution in [0.15, 0.2) is 36.4 Å². The first-order valence-electron chi connectivity index (χ1n) is 13.4. The van der Waals surface area contributed by atoms with Gasteiger partial charge in [-0.2, -0.15) is 0 Å². The normalized spacial score (nSPS) is 19.2. The fraction of sp³-hybridized carbons (Fsp3) is 0.552. The molecule has 4 aliphatic rings. The van der Waals surface area contributed by atoms with E-state index < -0.39 is 5.60 Å². The van der Waals surface area contributed by atoms with Gasteiger partial charge in [0, 0.05) is 63.7 Å². The van der Waals surface area contributed by atoms with E-state index in [0.717, 1.165) is 65.7 Å². The van der Waals surface area contributed by atoms with Crippen LogP contribution >= 0.6 is 0 Å². The van der Waals surface area contributed by atoms with Crippen LogP contribution in [0.5, 0.6) is 0 Å². The summed E-state index contributed by atoms with van der Waals surface area (Å²) in [5.74, 6) is 0. The lowest BCUT2D eigenvalue weighted by Gasteiger charge is -2.29. The molecule has 37 heavy (non-hydrogen) atoms. The van der Waals surface area contributed by atoms with Gasteiger partial charge < -0.3 is 29.3 Å². The highest BCUT2D eigenvalue weighted by Gasteiger charge is 2.28. The van der Waals surface area contributed by atoms with Crippen molar-refractivity contribution >= 4 is 17.5 Å². The number of hydrogen-bond acceptors (Lipinski definition) is 7. The van der Waals surface area contributed by atoms with Crippen molar-refractivity contribution in [3.05, 3.63) is 58.7 Å². The smallest absolute Gasteiger partial charge is 0.410 e. The molecule has 2 fully saturated rings. The van der Waals surface area contributed by atoms with E-state index in [0.29, 0.717) is 13.1 Å². The number of ether oxygens (including phenoxy) is 3. The summed E-state index contributed by atoms with van der Waals surface area (Å²) in [5.41, 5.74) is 7.45. The molecular formula is C29H40N4O4. The fourth-order valence-electron chi connectivity index (χ4n) is 5.15. The van der Waals surface area contributed by atoms with Crippen molar-refractivity contribution in [2.45, 2.75) is 52.6 Å². The second-order valence-corrected chi connectivity index (χ2v) is 11.0. The average molecular weight is 509 g/mol. The minimum absolute atomic E-state index is 0.239. The van der Waals surface area contributed by atoms with E-state index in [4.69, 9.17) is 14.2 Å². The van der Waals surface area contributed by atoms with Crippen LogP contribution in [0.1, 0.15) is 43.0 Å². The Hall–Kier alpha value is -2.81. The van der Waals surface area contributed by atoms with Crippen molar-refractivity contribution in [3.8, 4) is 0 Å². The van der Waals surface area contributed by atoms with Gasteiger partial charge in [0.15, 0.2) is 0 Å². The van der Waals surface area contributed by atoms with Crippen molar-refractivity contribution in [1.82, 2.24) is 10.2 Å². The van der Waals surface area contributed by atoms with Crippen molar-refractivity contribution < 1.29 is 19.0 Å². The molecule has 0 spiro atoms. The highest BCUT2D eigenvalue weighted by molar-refractivity contribution is 5.70. The first-order valence-corrected chi connectivity index (χ1v) is 13.4. The number of hydrogen-bond donors (Lipinski definition) is 1. The lowest BCUT2D eigenvalue weighted by Crippen LogP contribution is -2.36. The highest BCUT2D eigenvalue weighted by atomic mass is 16.6. The number of carbonyl (C=O) groups is 1. The third kappa shape index (κ3) is 6.55. The molecule has 200 valence electrons. The number of morpholine rings is 2. The van der Waals surface area contributed by atoms with E-state index in [-0.39, 0.29) is 6.09 Å². The third-order valence-electron chi connectivity index (χ3n) is 7.14. The van der Waals surface area contributed by atoms with E-state index in [2.05, 4.69) is 51.5 Å². The second-order valence-electron chi connectivity index (χ2n) is 11.0. The maximum absolute atomic E-state index is 12.2. The summed E-state index contributed by atoms with van der Waals surface area (Å²) < 4.78 is 16.2. The number of nitrogens with one attached hydrogen (secondary N) is 1. The van der Waals surface area contributed by atoms with Crippen molar-refractivity contribution in [2.75, 3.05) is 62.4 Å². The maximum atomic E-state index is 12.2. The van der Waals surface area contributed by atoms with Gasteiger partial charge in [0.1, 0.15) is 5.60 Å². The molecular weight excluding hydrogens is 468 g/mol. The predicted molar refractivity (Wildman–Crippen MR) is 145 cm³/mol. The third-order valence-corrected chi connectivity index (χ3v) is 7.14. The Labute approximate surface area is 220 Å². The van der Waals surface area contributed by atoms with Gasteiger partial charge in [-0.05, 0) is 67.3 Å². The molecule has 2 saturated heterocycles. The lowest BCUT2D eigenvalue weighted by atomic mass is 10.1. The fourth-order valence-corrected chi connectivity index (χ4v) is 5.15. The molecule has 8 heteroatoms. The molecule has 1 amide bonds. The zero-order valence-corrected chi connectivity index (χ0v) is 22.4. The first kappa shape index (κ1) is 25.8. The number of anilines is 2. The minimum Gasteiger partial charge on any atom is -0.444 e. The van der Waals surface area contributed by atoms with E-state index >= 15 is 0 Å². The Kier molecular flexibility index (Phi) is 7.88. The highest BCUT2D eigenvalue weighted by Crippen LogP contribution is 2.29. The molecule has 0 aliphatic carbocycles. The van der Waals surface area contributed by atoms with Gasteiger partial charge in [-0.3, -0.25) is 4.90 Å². The molecule has 0 bridgehead atoms. The Morgan fingerprint density at radius 3 is 1.86 bits per heavy atom. The average Bonchev–Trinajstić information content (AvgIpc) is 3.55. The van der Waals surface area contributed by atoms with Gasteiger partial charge in [0.2, 0.25) is 0 Å². The lowest BCUT2D eigenvalue weighted by molar-refractivity contribution is 0.0242. The monoisotopic (exact) mass is 508 g/mol. The van der Waals surface area contributed by atoms with Crippen LogP contribution in [0.3, 0.4) is 0 Å². The number of amides is 1. The molecule has 0 atom stereocenters. The van der Waals surface area contributed by atoms with Gasteiger partial charge in [-0.1, -0.05) is 12.1 Å². The van der Waals surface area contributed by atoms with Crippen molar-refractivity contribution in [1.29, 1.82) is 0 Å². The number of carbonyl (C=O) groups excluding carboxylic acids is 1. The number of rotatable bonds is 2. The summed E-state index contributed by atoms with van der Waals surface area (Å²) >= 11 is 0. The van der Waals surface area contributed by atoms with Gasteiger partial charge in [-0.25, -0.2) is 4.79 Å². The largest absolute Gasteiger partial charge is 0.444 e. The molecule has 8 nitrogen and oxygen atoms in total. The predicted octanol–water partition coefficient (Wildman–Crippen LogP) is 3.90.